The predicted molar refractivity (Wildman–Crippen MR) is 91.0 cm³/mol. The molecule has 0 fully saturated rings. The Bertz CT molecular complexity index is 948. The molecule has 0 bridgehead atoms. The number of hydrogen-bond acceptors (Lipinski definition) is 3. The van der Waals surface area contributed by atoms with Gasteiger partial charge in [-0.25, -0.2) is 5.43 Å². The number of rotatable bonds is 5. The summed E-state index contributed by atoms with van der Waals surface area (Å²) in [5, 5.41) is 4.75. The minimum atomic E-state index is -4.56. The number of aromatic nitrogens is 1. The molecule has 0 saturated heterocycles. The molecule has 0 unspecified atom stereocenters. The van der Waals surface area contributed by atoms with Crippen molar-refractivity contribution in [2.75, 3.05) is 6.61 Å². The van der Waals surface area contributed by atoms with Gasteiger partial charge in [0.05, 0.1) is 11.8 Å². The normalized spacial score (nSPS) is 11.8. The molecule has 3 rings (SSSR count). The van der Waals surface area contributed by atoms with Crippen molar-refractivity contribution in [3.05, 3.63) is 65.9 Å². The summed E-state index contributed by atoms with van der Waals surface area (Å²) < 4.78 is 43.5. The predicted octanol–water partition coefficient (Wildman–Crippen LogP) is 3.72. The van der Waals surface area contributed by atoms with E-state index in [0.29, 0.717) is 0 Å². The number of benzene rings is 2. The third kappa shape index (κ3) is 4.02. The minimum Gasteiger partial charge on any atom is -0.483 e. The highest BCUT2D eigenvalue weighted by Gasteiger charge is 2.34. The van der Waals surface area contributed by atoms with E-state index in [1.165, 1.54) is 18.3 Å². The van der Waals surface area contributed by atoms with Crippen molar-refractivity contribution in [2.24, 2.45) is 5.10 Å². The van der Waals surface area contributed by atoms with Crippen LogP contribution in [0.15, 0.2) is 59.8 Å². The number of halogens is 3. The summed E-state index contributed by atoms with van der Waals surface area (Å²) in [6.45, 7) is -0.585. The lowest BCUT2D eigenvalue weighted by atomic mass is 10.1. The van der Waals surface area contributed by atoms with E-state index in [2.05, 4.69) is 15.5 Å². The Morgan fingerprint density at radius 3 is 2.77 bits per heavy atom. The van der Waals surface area contributed by atoms with Gasteiger partial charge in [-0.3, -0.25) is 4.79 Å². The van der Waals surface area contributed by atoms with Gasteiger partial charge in [-0.05, 0) is 24.3 Å². The zero-order valence-electron chi connectivity index (χ0n) is 13.4. The Hall–Kier alpha value is -3.29. The fraction of sp³-hybridized carbons (Fsp3) is 0.111. The maximum atomic E-state index is 12.9. The number of amides is 1. The standard InChI is InChI=1S/C18H14F3N3O2/c19-18(20,21)14-5-1-2-7-16(14)26-11-17(25)24-23-10-12-4-3-6-15-13(12)8-9-22-15/h1-10,22H,11H2,(H,24,25). The summed E-state index contributed by atoms with van der Waals surface area (Å²) in [4.78, 5) is 14.8. The Balaban J connectivity index is 1.60. The van der Waals surface area contributed by atoms with Crippen LogP contribution < -0.4 is 10.2 Å². The van der Waals surface area contributed by atoms with Crippen LogP contribution in [0, 0.1) is 0 Å². The first-order chi connectivity index (χ1) is 12.4. The van der Waals surface area contributed by atoms with Gasteiger partial charge in [-0.15, -0.1) is 0 Å². The molecule has 0 atom stereocenters. The molecule has 0 radical (unpaired) electrons. The van der Waals surface area contributed by atoms with Gasteiger partial charge >= 0.3 is 6.18 Å². The lowest BCUT2D eigenvalue weighted by Gasteiger charge is -2.12. The van der Waals surface area contributed by atoms with Gasteiger partial charge < -0.3 is 9.72 Å². The van der Waals surface area contributed by atoms with Crippen LogP contribution in [0.2, 0.25) is 0 Å². The van der Waals surface area contributed by atoms with Crippen molar-refractivity contribution in [2.45, 2.75) is 6.18 Å². The third-order valence-corrected chi connectivity index (χ3v) is 3.57. The highest BCUT2D eigenvalue weighted by molar-refractivity contribution is 5.98. The van der Waals surface area contributed by atoms with Crippen LogP contribution in [0.1, 0.15) is 11.1 Å². The summed E-state index contributed by atoms with van der Waals surface area (Å²) in [7, 11) is 0. The Labute approximate surface area is 146 Å². The Morgan fingerprint density at radius 2 is 1.96 bits per heavy atom. The fourth-order valence-corrected chi connectivity index (χ4v) is 2.40. The van der Waals surface area contributed by atoms with Crippen molar-refractivity contribution in [3.8, 4) is 5.75 Å². The first-order valence-electron chi connectivity index (χ1n) is 7.62. The number of nitrogens with one attached hydrogen (secondary N) is 2. The molecule has 0 spiro atoms. The van der Waals surface area contributed by atoms with E-state index < -0.39 is 30.0 Å². The van der Waals surface area contributed by atoms with Crippen LogP contribution in [0.25, 0.3) is 10.9 Å². The van der Waals surface area contributed by atoms with Crippen LogP contribution in [0.4, 0.5) is 13.2 Å². The quantitative estimate of drug-likeness (QED) is 0.537. The number of hydrogen-bond donors (Lipinski definition) is 2. The smallest absolute Gasteiger partial charge is 0.419 e. The lowest BCUT2D eigenvalue weighted by molar-refractivity contribution is -0.139. The summed E-state index contributed by atoms with van der Waals surface area (Å²) in [6, 6.07) is 12.1. The van der Waals surface area contributed by atoms with E-state index in [1.54, 1.807) is 6.20 Å². The molecular weight excluding hydrogens is 347 g/mol. The molecule has 1 heterocycles. The number of H-pyrrole nitrogens is 1. The maximum absolute atomic E-state index is 12.9. The van der Waals surface area contributed by atoms with Crippen molar-refractivity contribution in [1.29, 1.82) is 0 Å². The van der Waals surface area contributed by atoms with E-state index in [-0.39, 0.29) is 0 Å². The van der Waals surface area contributed by atoms with Gasteiger partial charge in [0.2, 0.25) is 0 Å². The van der Waals surface area contributed by atoms with Crippen molar-refractivity contribution in [1.82, 2.24) is 10.4 Å². The molecule has 0 aliphatic carbocycles. The Kier molecular flexibility index (Phi) is 4.92. The van der Waals surface area contributed by atoms with Crippen LogP contribution in [0.3, 0.4) is 0 Å². The van der Waals surface area contributed by atoms with Crippen LogP contribution in [-0.2, 0) is 11.0 Å². The van der Waals surface area contributed by atoms with Crippen LogP contribution >= 0.6 is 0 Å². The maximum Gasteiger partial charge on any atom is 0.419 e. The average Bonchev–Trinajstić information content (AvgIpc) is 3.09. The summed E-state index contributed by atoms with van der Waals surface area (Å²) in [5.74, 6) is -1.07. The van der Waals surface area contributed by atoms with Crippen LogP contribution in [0.5, 0.6) is 5.75 Å². The van der Waals surface area contributed by atoms with Crippen molar-refractivity contribution < 1.29 is 22.7 Å². The van der Waals surface area contributed by atoms with E-state index in [0.717, 1.165) is 28.6 Å². The van der Waals surface area contributed by atoms with Crippen molar-refractivity contribution >= 4 is 23.0 Å². The largest absolute Gasteiger partial charge is 0.483 e. The topological polar surface area (TPSA) is 66.5 Å². The third-order valence-electron chi connectivity index (χ3n) is 3.57. The first kappa shape index (κ1) is 17.5. The number of fused-ring (bicyclic) bond motifs is 1. The van der Waals surface area contributed by atoms with Gasteiger partial charge in [-0.2, -0.15) is 18.3 Å². The number of nitrogens with zero attached hydrogens (tertiary/aromatic N) is 1. The molecule has 2 aromatic carbocycles. The molecule has 1 aromatic heterocycles. The number of aromatic amines is 1. The molecule has 26 heavy (non-hydrogen) atoms. The molecule has 1 amide bonds. The highest BCUT2D eigenvalue weighted by atomic mass is 19.4. The second-order valence-corrected chi connectivity index (χ2v) is 5.36. The second kappa shape index (κ2) is 7.30. The zero-order valence-corrected chi connectivity index (χ0v) is 13.4. The molecule has 0 saturated carbocycles. The van der Waals surface area contributed by atoms with E-state index in [4.69, 9.17) is 4.74 Å². The molecule has 0 aliphatic rings. The van der Waals surface area contributed by atoms with E-state index >= 15 is 0 Å². The average molecular weight is 361 g/mol. The summed E-state index contributed by atoms with van der Waals surface area (Å²) in [6.07, 6.45) is -1.31. The number of hydrazone groups is 1. The molecule has 5 nitrogen and oxygen atoms in total. The Morgan fingerprint density at radius 1 is 1.15 bits per heavy atom. The van der Waals surface area contributed by atoms with E-state index in [9.17, 15) is 18.0 Å². The molecule has 134 valence electrons. The monoisotopic (exact) mass is 361 g/mol. The summed E-state index contributed by atoms with van der Waals surface area (Å²) in [5.41, 5.74) is 3.00. The van der Waals surface area contributed by atoms with Crippen molar-refractivity contribution in [3.63, 3.8) is 0 Å². The zero-order chi connectivity index (χ0) is 18.6. The number of ether oxygens (including phenoxy) is 1. The van der Waals surface area contributed by atoms with Crippen LogP contribution in [-0.4, -0.2) is 23.7 Å². The molecule has 8 heteroatoms. The lowest BCUT2D eigenvalue weighted by Crippen LogP contribution is -2.25. The van der Waals surface area contributed by atoms with Gasteiger partial charge in [-0.1, -0.05) is 24.3 Å². The highest BCUT2D eigenvalue weighted by Crippen LogP contribution is 2.35. The van der Waals surface area contributed by atoms with E-state index in [1.807, 2.05) is 24.3 Å². The number of alkyl halides is 3. The number of para-hydroxylation sites is 1. The van der Waals surface area contributed by atoms with Gasteiger partial charge in [0.15, 0.2) is 6.61 Å². The first-order valence-corrected chi connectivity index (χ1v) is 7.62. The summed E-state index contributed by atoms with van der Waals surface area (Å²) >= 11 is 0. The van der Waals surface area contributed by atoms with Gasteiger partial charge in [0, 0.05) is 22.7 Å². The fourth-order valence-electron chi connectivity index (χ4n) is 2.40. The molecule has 3 aromatic rings. The second-order valence-electron chi connectivity index (χ2n) is 5.36. The van der Waals surface area contributed by atoms with Gasteiger partial charge in [0.1, 0.15) is 5.75 Å². The number of carbonyl (C=O) groups excluding carboxylic acids is 1. The molecule has 0 aliphatic heterocycles. The minimum absolute atomic E-state index is 0.406. The molecule has 2 N–H and O–H groups in total. The SMILES string of the molecule is O=C(COc1ccccc1C(F)(F)F)NN=Cc1cccc2[nH]ccc12. The molecular formula is C18H14F3N3O2. The van der Waals surface area contributed by atoms with Gasteiger partial charge in [0.25, 0.3) is 5.91 Å². The number of carbonyl (C=O) groups is 1.